The lowest BCUT2D eigenvalue weighted by atomic mass is 9.68. The summed E-state index contributed by atoms with van der Waals surface area (Å²) in [6, 6.07) is 7.96. The summed E-state index contributed by atoms with van der Waals surface area (Å²) < 4.78 is 16.8. The number of nitrogens with one attached hydrogen (secondary N) is 2. The Balaban J connectivity index is 1.48. The summed E-state index contributed by atoms with van der Waals surface area (Å²) in [5, 5.41) is 59.2. The highest BCUT2D eigenvalue weighted by Gasteiger charge is 2.46. The molecule has 1 aromatic heterocycles. The number of phenolic OH excluding ortho intramolecular Hbond substituents is 1. The number of ketones is 2. The number of hydrogen-bond acceptors (Lipinski definition) is 14. The highest BCUT2D eigenvalue weighted by atomic mass is 16.7. The second kappa shape index (κ2) is 14.4. The Kier molecular flexibility index (Phi) is 10.2. The van der Waals surface area contributed by atoms with Gasteiger partial charge < -0.3 is 61.8 Å². The van der Waals surface area contributed by atoms with Gasteiger partial charge >= 0.3 is 0 Å². The number of rotatable bonds is 9. The Labute approximate surface area is 293 Å². The smallest absolute Gasteiger partial charge is 0.229 e. The third kappa shape index (κ3) is 6.57. The SMILES string of the molecule is CN=C(N)NCc1c(CC2(c3ccc(N)nc3)CCNCC2)cc2c(c1O)C(=O)c1c(OC3OC(CO)C(O)C(O)C3O)cc(OC)cc1C2=O. The number of benzene rings is 2. The number of aliphatic hydroxyl groups is 4. The zero-order valence-corrected chi connectivity index (χ0v) is 28.1. The van der Waals surface area contributed by atoms with Crippen LogP contribution in [0.5, 0.6) is 17.2 Å². The molecule has 16 nitrogen and oxygen atoms in total. The van der Waals surface area contributed by atoms with Crippen molar-refractivity contribution in [3.8, 4) is 17.2 Å². The zero-order chi connectivity index (χ0) is 36.6. The fraction of sp³-hybridized carbons (Fsp3) is 0.429. The summed E-state index contributed by atoms with van der Waals surface area (Å²) >= 11 is 0. The average Bonchev–Trinajstić information content (AvgIpc) is 3.13. The molecule has 1 aliphatic carbocycles. The number of aromatic hydroxyl groups is 1. The van der Waals surface area contributed by atoms with Crippen LogP contribution in [0.2, 0.25) is 0 Å². The molecule has 11 N–H and O–H groups in total. The summed E-state index contributed by atoms with van der Waals surface area (Å²) in [6.07, 6.45) is -4.63. The summed E-state index contributed by atoms with van der Waals surface area (Å²) in [4.78, 5) is 37.1. The molecule has 3 aliphatic rings. The number of anilines is 1. The van der Waals surface area contributed by atoms with E-state index in [0.717, 1.165) is 5.56 Å². The van der Waals surface area contributed by atoms with Crippen molar-refractivity contribution in [2.24, 2.45) is 10.7 Å². The van der Waals surface area contributed by atoms with Gasteiger partial charge in [0.1, 0.15) is 47.5 Å². The molecule has 0 bridgehead atoms. The molecule has 3 heterocycles. The molecule has 3 aromatic rings. The minimum absolute atomic E-state index is 0.0307. The van der Waals surface area contributed by atoms with Crippen LogP contribution in [0, 0.1) is 0 Å². The molecule has 272 valence electrons. The quantitative estimate of drug-likeness (QED) is 0.0764. The van der Waals surface area contributed by atoms with E-state index in [-0.39, 0.29) is 46.3 Å². The van der Waals surface area contributed by atoms with Gasteiger partial charge in [0.05, 0.1) is 24.8 Å². The number of aliphatic imine (C=N–C) groups is 1. The second-order valence-electron chi connectivity index (χ2n) is 12.9. The van der Waals surface area contributed by atoms with Gasteiger partial charge in [-0.1, -0.05) is 6.07 Å². The van der Waals surface area contributed by atoms with Crippen molar-refractivity contribution < 1.29 is 49.3 Å². The van der Waals surface area contributed by atoms with Crippen LogP contribution >= 0.6 is 0 Å². The van der Waals surface area contributed by atoms with E-state index in [1.165, 1.54) is 26.3 Å². The van der Waals surface area contributed by atoms with Crippen molar-refractivity contribution >= 4 is 23.3 Å². The number of fused-ring (bicyclic) bond motifs is 2. The standard InChI is InChI=1S/C35H42N6O10/c1-38-34(37)41-14-21-16(12-35(5-7-39-8-6-35)17-3-4-24(36)40-13-17)9-19-26(28(21)44)30(46)25-20(27(19)43)10-18(49-2)11-22(25)50-33-32(48)31(47)29(45)23(15-42)51-33/h3-4,9-11,13,23,29,31-33,39,42,44-45,47-48H,5-8,12,14-15H2,1-2H3,(H2,36,40)(H3,37,38,41). The van der Waals surface area contributed by atoms with Crippen LogP contribution in [0.3, 0.4) is 0 Å². The molecule has 5 atom stereocenters. The molecule has 2 fully saturated rings. The Bertz CT molecular complexity index is 1840. The van der Waals surface area contributed by atoms with Gasteiger partial charge in [-0.25, -0.2) is 4.98 Å². The lowest BCUT2D eigenvalue weighted by Gasteiger charge is -2.40. The first-order valence-electron chi connectivity index (χ1n) is 16.5. The summed E-state index contributed by atoms with van der Waals surface area (Å²) in [6.45, 7) is 0.689. The van der Waals surface area contributed by atoms with Gasteiger partial charge in [-0.3, -0.25) is 14.6 Å². The van der Waals surface area contributed by atoms with Gasteiger partial charge in [0, 0.05) is 48.0 Å². The maximum Gasteiger partial charge on any atom is 0.229 e. The van der Waals surface area contributed by atoms with Crippen LogP contribution in [0.25, 0.3) is 0 Å². The van der Waals surface area contributed by atoms with E-state index in [9.17, 15) is 35.1 Å². The minimum Gasteiger partial charge on any atom is -0.507 e. The third-order valence-corrected chi connectivity index (χ3v) is 10.0. The molecular formula is C35H42N6O10. The number of guanidine groups is 1. The summed E-state index contributed by atoms with van der Waals surface area (Å²) in [5.41, 5.74) is 12.7. The Morgan fingerprint density at radius 1 is 1.08 bits per heavy atom. The van der Waals surface area contributed by atoms with Crippen molar-refractivity contribution in [1.29, 1.82) is 0 Å². The first-order valence-corrected chi connectivity index (χ1v) is 16.5. The van der Waals surface area contributed by atoms with E-state index in [4.69, 9.17) is 25.7 Å². The second-order valence-corrected chi connectivity index (χ2v) is 12.9. The van der Waals surface area contributed by atoms with Crippen molar-refractivity contribution in [3.05, 3.63) is 75.5 Å². The molecular weight excluding hydrogens is 664 g/mol. The number of nitrogen functional groups attached to an aromatic ring is 1. The monoisotopic (exact) mass is 706 g/mol. The summed E-state index contributed by atoms with van der Waals surface area (Å²) in [5.74, 6) is -1.46. The number of nitrogens with zero attached hydrogens (tertiary/aromatic N) is 2. The first kappa shape index (κ1) is 36.0. The number of nitrogens with two attached hydrogens (primary N) is 2. The largest absolute Gasteiger partial charge is 0.507 e. The number of carbonyl (C=O) groups excluding carboxylic acids is 2. The van der Waals surface area contributed by atoms with Crippen LogP contribution in [-0.4, -0.2) is 113 Å². The molecule has 16 heteroatoms. The summed E-state index contributed by atoms with van der Waals surface area (Å²) in [7, 11) is 2.85. The number of piperidine rings is 1. The van der Waals surface area contributed by atoms with Crippen LogP contribution in [-0.2, 0) is 23.1 Å². The lowest BCUT2D eigenvalue weighted by molar-refractivity contribution is -0.277. The topological polar surface area (TPSA) is 264 Å². The van der Waals surface area contributed by atoms with Crippen LogP contribution in [0.15, 0.2) is 41.5 Å². The Morgan fingerprint density at radius 3 is 2.45 bits per heavy atom. The van der Waals surface area contributed by atoms with E-state index >= 15 is 0 Å². The van der Waals surface area contributed by atoms with E-state index in [1.807, 2.05) is 6.07 Å². The van der Waals surface area contributed by atoms with Crippen molar-refractivity contribution in [3.63, 3.8) is 0 Å². The molecule has 0 saturated carbocycles. The Hall–Kier alpha value is -4.84. The number of methoxy groups -OCH3 is 1. The van der Waals surface area contributed by atoms with Crippen molar-refractivity contribution in [2.75, 3.05) is 39.6 Å². The van der Waals surface area contributed by atoms with E-state index in [2.05, 4.69) is 20.6 Å². The first-order chi connectivity index (χ1) is 24.4. The van der Waals surface area contributed by atoms with Gasteiger partial charge in [-0.15, -0.1) is 0 Å². The number of aliphatic hydroxyl groups excluding tert-OH is 4. The van der Waals surface area contributed by atoms with E-state index in [1.54, 1.807) is 18.3 Å². The molecule has 51 heavy (non-hydrogen) atoms. The van der Waals surface area contributed by atoms with Gasteiger partial charge in [0.15, 0.2) is 11.7 Å². The lowest BCUT2D eigenvalue weighted by Crippen LogP contribution is -2.60. The van der Waals surface area contributed by atoms with Crippen LogP contribution in [0.4, 0.5) is 5.82 Å². The van der Waals surface area contributed by atoms with Crippen LogP contribution in [0.1, 0.15) is 61.4 Å². The van der Waals surface area contributed by atoms with Gasteiger partial charge in [-0.2, -0.15) is 0 Å². The van der Waals surface area contributed by atoms with E-state index in [0.29, 0.717) is 49.3 Å². The van der Waals surface area contributed by atoms with Gasteiger partial charge in [-0.05, 0) is 61.7 Å². The molecule has 5 unspecified atom stereocenters. The zero-order valence-electron chi connectivity index (χ0n) is 28.1. The molecule has 2 aromatic carbocycles. The molecule has 2 saturated heterocycles. The predicted molar refractivity (Wildman–Crippen MR) is 183 cm³/mol. The molecule has 6 rings (SSSR count). The fourth-order valence-electron chi connectivity index (χ4n) is 7.12. The number of hydrogen-bond donors (Lipinski definition) is 9. The predicted octanol–water partition coefficient (Wildman–Crippen LogP) is -0.770. The van der Waals surface area contributed by atoms with Gasteiger partial charge in [0.2, 0.25) is 12.1 Å². The normalized spacial score (nSPS) is 24.4. The van der Waals surface area contributed by atoms with Crippen molar-refractivity contribution in [2.45, 2.75) is 61.9 Å². The maximum absolute atomic E-state index is 14.5. The van der Waals surface area contributed by atoms with E-state index < -0.39 is 60.0 Å². The number of ether oxygens (including phenoxy) is 3. The van der Waals surface area contributed by atoms with Crippen molar-refractivity contribution in [1.82, 2.24) is 15.6 Å². The molecule has 0 radical (unpaired) electrons. The minimum atomic E-state index is -1.80. The average molecular weight is 707 g/mol. The number of aromatic nitrogens is 1. The number of pyridine rings is 1. The third-order valence-electron chi connectivity index (χ3n) is 10.0. The maximum atomic E-state index is 14.5. The number of carbonyl (C=O) groups is 2. The molecule has 0 amide bonds. The Morgan fingerprint density at radius 2 is 1.80 bits per heavy atom. The van der Waals surface area contributed by atoms with Gasteiger partial charge in [0.25, 0.3) is 0 Å². The molecule has 0 spiro atoms. The molecule has 2 aliphatic heterocycles. The highest BCUT2D eigenvalue weighted by molar-refractivity contribution is 6.30. The number of phenols is 1. The highest BCUT2D eigenvalue weighted by Crippen LogP contribution is 2.45. The van der Waals surface area contributed by atoms with Crippen LogP contribution < -0.4 is 31.6 Å². The fourth-order valence-corrected chi connectivity index (χ4v) is 7.12.